The van der Waals surface area contributed by atoms with Gasteiger partial charge in [0, 0.05) is 19.3 Å². The molecule has 1 saturated heterocycles. The van der Waals surface area contributed by atoms with Gasteiger partial charge in [0.05, 0.1) is 13.3 Å². The van der Waals surface area contributed by atoms with Crippen LogP contribution in [0.5, 0.6) is 0 Å². The standard InChI is InChI=1S/C20H26N4O4S/c1-20(2,3)28-19(26)24-9-6-13(7-10-24)14-5-8-21-16(11-14)23-18-22-12-15(29-18)17(25)27-4/h5,8,11-13H,6-7,9-10H2,1-4H3,(H,21,22,23). The maximum absolute atomic E-state index is 12.2. The molecule has 0 unspecified atom stereocenters. The first-order chi connectivity index (χ1) is 13.7. The van der Waals surface area contributed by atoms with Crippen LogP contribution in [0.2, 0.25) is 0 Å². The molecule has 0 bridgehead atoms. The smallest absolute Gasteiger partial charge is 0.410 e. The minimum Gasteiger partial charge on any atom is -0.465 e. The van der Waals surface area contributed by atoms with Crippen molar-refractivity contribution in [2.75, 3.05) is 25.5 Å². The summed E-state index contributed by atoms with van der Waals surface area (Å²) in [5.74, 6) is 0.607. The summed E-state index contributed by atoms with van der Waals surface area (Å²) in [7, 11) is 1.34. The van der Waals surface area contributed by atoms with Gasteiger partial charge in [-0.15, -0.1) is 0 Å². The molecule has 29 heavy (non-hydrogen) atoms. The van der Waals surface area contributed by atoms with Gasteiger partial charge in [-0.1, -0.05) is 11.3 Å². The Morgan fingerprint density at radius 1 is 1.24 bits per heavy atom. The van der Waals surface area contributed by atoms with Gasteiger partial charge >= 0.3 is 12.1 Å². The summed E-state index contributed by atoms with van der Waals surface area (Å²) in [5, 5.41) is 3.72. The molecule has 3 heterocycles. The lowest BCUT2D eigenvalue weighted by Crippen LogP contribution is -2.41. The van der Waals surface area contributed by atoms with Crippen LogP contribution in [0, 0.1) is 0 Å². The Kier molecular flexibility index (Phi) is 6.36. The zero-order chi connectivity index (χ0) is 21.0. The topological polar surface area (TPSA) is 93.7 Å². The Labute approximate surface area is 174 Å². The number of nitrogens with one attached hydrogen (secondary N) is 1. The van der Waals surface area contributed by atoms with Crippen molar-refractivity contribution in [1.82, 2.24) is 14.9 Å². The van der Waals surface area contributed by atoms with E-state index in [1.54, 1.807) is 11.1 Å². The van der Waals surface area contributed by atoms with Gasteiger partial charge in [0.25, 0.3) is 0 Å². The van der Waals surface area contributed by atoms with Crippen LogP contribution in [0.15, 0.2) is 24.5 Å². The van der Waals surface area contributed by atoms with Crippen LogP contribution in [0.1, 0.15) is 54.8 Å². The average molecular weight is 419 g/mol. The van der Waals surface area contributed by atoms with Gasteiger partial charge in [0.15, 0.2) is 5.13 Å². The van der Waals surface area contributed by atoms with E-state index in [1.165, 1.54) is 24.6 Å². The summed E-state index contributed by atoms with van der Waals surface area (Å²) < 4.78 is 10.2. The molecule has 0 aromatic carbocycles. The number of carbonyl (C=O) groups is 2. The summed E-state index contributed by atoms with van der Waals surface area (Å²) in [5.41, 5.74) is 0.680. The van der Waals surface area contributed by atoms with Crippen LogP contribution >= 0.6 is 11.3 Å². The second-order valence-corrected chi connectivity index (χ2v) is 8.89. The molecule has 0 spiro atoms. The van der Waals surface area contributed by atoms with Crippen LogP contribution in [0.4, 0.5) is 15.7 Å². The van der Waals surface area contributed by atoms with Crippen LogP contribution in [0.3, 0.4) is 0 Å². The normalized spacial score (nSPS) is 15.1. The number of esters is 1. The second kappa shape index (κ2) is 8.77. The molecule has 2 aromatic rings. The number of rotatable bonds is 4. The van der Waals surface area contributed by atoms with E-state index in [4.69, 9.17) is 9.47 Å². The molecular weight excluding hydrogens is 392 g/mol. The molecule has 1 aliphatic rings. The Morgan fingerprint density at radius 2 is 1.97 bits per heavy atom. The average Bonchev–Trinajstić information content (AvgIpc) is 3.15. The summed E-state index contributed by atoms with van der Waals surface area (Å²) in [6.07, 6.45) is 4.72. The fraction of sp³-hybridized carbons (Fsp3) is 0.500. The van der Waals surface area contributed by atoms with E-state index in [0.717, 1.165) is 18.4 Å². The highest BCUT2D eigenvalue weighted by atomic mass is 32.1. The molecule has 0 aliphatic carbocycles. The lowest BCUT2D eigenvalue weighted by Gasteiger charge is -2.33. The molecule has 3 rings (SSSR count). The monoisotopic (exact) mass is 418 g/mol. The number of hydrogen-bond donors (Lipinski definition) is 1. The molecule has 0 radical (unpaired) electrons. The largest absolute Gasteiger partial charge is 0.465 e. The summed E-state index contributed by atoms with van der Waals surface area (Å²) in [6, 6.07) is 3.99. The minimum atomic E-state index is -0.483. The predicted molar refractivity (Wildman–Crippen MR) is 111 cm³/mol. The molecule has 156 valence electrons. The van der Waals surface area contributed by atoms with Crippen molar-refractivity contribution >= 4 is 34.3 Å². The Balaban J connectivity index is 1.60. The van der Waals surface area contributed by atoms with Crippen molar-refractivity contribution < 1.29 is 19.1 Å². The van der Waals surface area contributed by atoms with Crippen LogP contribution in [0.25, 0.3) is 0 Å². The SMILES string of the molecule is COC(=O)c1cnc(Nc2cc(C3CCN(C(=O)OC(C)(C)C)CC3)ccn2)s1. The third-order valence-electron chi connectivity index (χ3n) is 4.53. The van der Waals surface area contributed by atoms with Crippen molar-refractivity contribution in [3.8, 4) is 0 Å². The lowest BCUT2D eigenvalue weighted by molar-refractivity contribution is 0.0204. The van der Waals surface area contributed by atoms with Gasteiger partial charge in [0.2, 0.25) is 0 Å². The first kappa shape index (κ1) is 21.0. The molecule has 1 N–H and O–H groups in total. The van der Waals surface area contributed by atoms with Crippen molar-refractivity contribution in [3.63, 3.8) is 0 Å². The van der Waals surface area contributed by atoms with Gasteiger partial charge < -0.3 is 19.7 Å². The van der Waals surface area contributed by atoms with E-state index in [-0.39, 0.29) is 6.09 Å². The number of carbonyl (C=O) groups excluding carboxylic acids is 2. The lowest BCUT2D eigenvalue weighted by atomic mass is 9.90. The second-order valence-electron chi connectivity index (χ2n) is 7.86. The highest BCUT2D eigenvalue weighted by Crippen LogP contribution is 2.30. The van der Waals surface area contributed by atoms with Crippen molar-refractivity contribution in [3.05, 3.63) is 35.0 Å². The molecule has 0 atom stereocenters. The van der Waals surface area contributed by atoms with Gasteiger partial charge in [-0.3, -0.25) is 0 Å². The number of likely N-dealkylation sites (tertiary alicyclic amines) is 1. The Bertz CT molecular complexity index is 869. The molecule has 8 nitrogen and oxygen atoms in total. The van der Waals surface area contributed by atoms with E-state index >= 15 is 0 Å². The highest BCUT2D eigenvalue weighted by molar-refractivity contribution is 7.17. The van der Waals surface area contributed by atoms with Crippen LogP contribution < -0.4 is 5.32 Å². The highest BCUT2D eigenvalue weighted by Gasteiger charge is 2.27. The third kappa shape index (κ3) is 5.66. The number of piperidine rings is 1. The summed E-state index contributed by atoms with van der Waals surface area (Å²) in [4.78, 5) is 34.5. The quantitative estimate of drug-likeness (QED) is 0.744. The van der Waals surface area contributed by atoms with E-state index in [2.05, 4.69) is 15.3 Å². The summed E-state index contributed by atoms with van der Waals surface area (Å²) >= 11 is 1.21. The molecule has 1 aliphatic heterocycles. The number of anilines is 2. The molecule has 2 aromatic heterocycles. The number of thiazole rings is 1. The fourth-order valence-electron chi connectivity index (χ4n) is 3.13. The number of aromatic nitrogens is 2. The fourth-order valence-corrected chi connectivity index (χ4v) is 3.87. The first-order valence-corrected chi connectivity index (χ1v) is 10.3. The number of ether oxygens (including phenoxy) is 2. The molecule has 1 amide bonds. The van der Waals surface area contributed by atoms with Crippen molar-refractivity contribution in [1.29, 1.82) is 0 Å². The number of pyridine rings is 1. The van der Waals surface area contributed by atoms with Gasteiger partial charge in [-0.2, -0.15) is 0 Å². The number of nitrogens with zero attached hydrogens (tertiary/aromatic N) is 3. The molecule has 9 heteroatoms. The van der Waals surface area contributed by atoms with Crippen molar-refractivity contribution in [2.45, 2.75) is 45.1 Å². The number of amides is 1. The minimum absolute atomic E-state index is 0.252. The van der Waals surface area contributed by atoms with E-state index < -0.39 is 11.6 Å². The number of methoxy groups -OCH3 is 1. The maximum Gasteiger partial charge on any atom is 0.410 e. The zero-order valence-corrected chi connectivity index (χ0v) is 17.9. The Hall–Kier alpha value is -2.68. The molecule has 0 saturated carbocycles. The Morgan fingerprint density at radius 3 is 2.62 bits per heavy atom. The zero-order valence-electron chi connectivity index (χ0n) is 17.1. The van der Waals surface area contributed by atoms with Gasteiger partial charge in [-0.05, 0) is 57.2 Å². The van der Waals surface area contributed by atoms with E-state index in [0.29, 0.717) is 34.8 Å². The predicted octanol–water partition coefficient (Wildman–Crippen LogP) is 4.18. The van der Waals surface area contributed by atoms with Crippen LogP contribution in [-0.2, 0) is 9.47 Å². The number of hydrogen-bond acceptors (Lipinski definition) is 8. The van der Waals surface area contributed by atoms with E-state index in [1.807, 2.05) is 32.9 Å². The summed E-state index contributed by atoms with van der Waals surface area (Å²) in [6.45, 7) is 6.96. The van der Waals surface area contributed by atoms with E-state index in [9.17, 15) is 9.59 Å². The molecule has 1 fully saturated rings. The first-order valence-electron chi connectivity index (χ1n) is 9.50. The van der Waals surface area contributed by atoms with Crippen molar-refractivity contribution in [2.24, 2.45) is 0 Å². The third-order valence-corrected chi connectivity index (χ3v) is 5.42. The maximum atomic E-state index is 12.2. The molecular formula is C20H26N4O4S. The van der Waals surface area contributed by atoms with Gasteiger partial charge in [-0.25, -0.2) is 19.6 Å². The van der Waals surface area contributed by atoms with Crippen LogP contribution in [-0.4, -0.2) is 52.7 Å². The van der Waals surface area contributed by atoms with Gasteiger partial charge in [0.1, 0.15) is 16.3 Å².